The maximum atomic E-state index is 4.38. The number of fused-ring (bicyclic) bond motifs is 2. The molecule has 1 aliphatic rings. The molecule has 0 atom stereocenters. The van der Waals surface area contributed by atoms with Gasteiger partial charge in [-0.2, -0.15) is 8.75 Å². The Bertz CT molecular complexity index is 784. The van der Waals surface area contributed by atoms with Crippen LogP contribution in [0.4, 0.5) is 5.82 Å². The van der Waals surface area contributed by atoms with Gasteiger partial charge in [0.2, 0.25) is 0 Å². The molecule has 0 aliphatic carbocycles. The topological polar surface area (TPSA) is 75.6 Å². The van der Waals surface area contributed by atoms with E-state index in [4.69, 9.17) is 0 Å². The monoisotopic (exact) mass is 298 g/mol. The van der Waals surface area contributed by atoms with Gasteiger partial charge in [-0.25, -0.2) is 9.97 Å². The zero-order valence-corrected chi connectivity index (χ0v) is 12.2. The largest absolute Gasteiger partial charge is 0.366 e. The molecule has 1 aliphatic heterocycles. The summed E-state index contributed by atoms with van der Waals surface area (Å²) in [5, 5.41) is 6.75. The summed E-state index contributed by atoms with van der Waals surface area (Å²) in [6, 6.07) is 6.15. The van der Waals surface area contributed by atoms with E-state index in [1.54, 1.807) is 6.33 Å². The molecule has 0 bridgehead atoms. The van der Waals surface area contributed by atoms with Crippen LogP contribution in [0.5, 0.6) is 0 Å². The highest BCUT2D eigenvalue weighted by atomic mass is 32.1. The van der Waals surface area contributed by atoms with Gasteiger partial charge < -0.3 is 10.6 Å². The highest BCUT2D eigenvalue weighted by Gasteiger charge is 2.14. The summed E-state index contributed by atoms with van der Waals surface area (Å²) >= 11 is 1.25. The van der Waals surface area contributed by atoms with Crippen LogP contribution in [0.25, 0.3) is 11.0 Å². The van der Waals surface area contributed by atoms with Gasteiger partial charge in [0.1, 0.15) is 23.2 Å². The molecule has 0 spiro atoms. The molecule has 2 aromatic heterocycles. The van der Waals surface area contributed by atoms with Gasteiger partial charge in [0.25, 0.3) is 0 Å². The van der Waals surface area contributed by atoms with Crippen molar-refractivity contribution in [3.63, 3.8) is 0 Å². The summed E-state index contributed by atoms with van der Waals surface area (Å²) in [4.78, 5) is 8.72. The smallest absolute Gasteiger partial charge is 0.133 e. The normalized spacial score (nSPS) is 14.1. The fourth-order valence-electron chi connectivity index (χ4n) is 2.56. The number of rotatable bonds is 3. The Labute approximate surface area is 126 Å². The predicted octanol–water partition coefficient (Wildman–Crippen LogP) is 1.74. The lowest BCUT2D eigenvalue weighted by molar-refractivity contribution is 0.624. The summed E-state index contributed by atoms with van der Waals surface area (Å²) in [5.74, 6) is 0.943. The third-order valence-corrected chi connectivity index (χ3v) is 4.21. The number of nitrogens with zero attached hydrogens (tertiary/aromatic N) is 4. The van der Waals surface area contributed by atoms with Crippen molar-refractivity contribution in [3.05, 3.63) is 41.3 Å². The average Bonchev–Trinajstić information content (AvgIpc) is 3.00. The zero-order valence-electron chi connectivity index (χ0n) is 11.3. The van der Waals surface area contributed by atoms with Gasteiger partial charge in [-0.1, -0.05) is 6.07 Å². The van der Waals surface area contributed by atoms with Crippen LogP contribution in [-0.4, -0.2) is 25.3 Å². The van der Waals surface area contributed by atoms with Gasteiger partial charge in [-0.05, 0) is 30.7 Å². The lowest BCUT2D eigenvalue weighted by Gasteiger charge is -2.19. The van der Waals surface area contributed by atoms with Crippen molar-refractivity contribution in [3.8, 4) is 0 Å². The van der Waals surface area contributed by atoms with Crippen molar-refractivity contribution in [1.82, 2.24) is 24.0 Å². The fourth-order valence-corrected chi connectivity index (χ4v) is 3.08. The molecule has 106 valence electrons. The Hall–Kier alpha value is -2.12. The van der Waals surface area contributed by atoms with Crippen LogP contribution in [0.2, 0.25) is 0 Å². The second kappa shape index (κ2) is 5.34. The van der Waals surface area contributed by atoms with Crippen molar-refractivity contribution in [1.29, 1.82) is 0 Å². The van der Waals surface area contributed by atoms with E-state index < -0.39 is 0 Å². The highest BCUT2D eigenvalue weighted by Crippen LogP contribution is 2.20. The molecule has 3 aromatic rings. The molecule has 0 saturated heterocycles. The van der Waals surface area contributed by atoms with Crippen molar-refractivity contribution in [2.24, 2.45) is 0 Å². The zero-order chi connectivity index (χ0) is 14.1. The lowest BCUT2D eigenvalue weighted by atomic mass is 10.1. The molecule has 6 nitrogen and oxygen atoms in total. The van der Waals surface area contributed by atoms with E-state index in [1.165, 1.54) is 22.9 Å². The summed E-state index contributed by atoms with van der Waals surface area (Å²) in [5.41, 5.74) is 5.41. The molecule has 0 amide bonds. The lowest BCUT2D eigenvalue weighted by Crippen LogP contribution is -2.26. The molecular weight excluding hydrogens is 284 g/mol. The minimum atomic E-state index is 0.727. The molecule has 0 unspecified atom stereocenters. The molecular formula is C14H14N6S. The van der Waals surface area contributed by atoms with Crippen molar-refractivity contribution >= 4 is 28.6 Å². The van der Waals surface area contributed by atoms with Crippen LogP contribution in [0.15, 0.2) is 24.5 Å². The first-order valence-corrected chi connectivity index (χ1v) is 7.62. The van der Waals surface area contributed by atoms with E-state index in [9.17, 15) is 0 Å². The molecule has 2 N–H and O–H groups in total. The highest BCUT2D eigenvalue weighted by molar-refractivity contribution is 7.00. The summed E-state index contributed by atoms with van der Waals surface area (Å²) in [6.45, 7) is 2.53. The van der Waals surface area contributed by atoms with Crippen LogP contribution in [-0.2, 0) is 19.5 Å². The van der Waals surface area contributed by atoms with E-state index in [0.29, 0.717) is 0 Å². The SMILES string of the molecule is c1nc2c(c(NCc3ccc4nsnc4c3)n1)CCNC2. The van der Waals surface area contributed by atoms with Crippen molar-refractivity contribution in [2.45, 2.75) is 19.5 Å². The molecule has 21 heavy (non-hydrogen) atoms. The van der Waals surface area contributed by atoms with Gasteiger partial charge in [-0.15, -0.1) is 0 Å². The first kappa shape index (κ1) is 12.6. The second-order valence-electron chi connectivity index (χ2n) is 5.02. The van der Waals surface area contributed by atoms with Crippen LogP contribution in [0, 0.1) is 0 Å². The van der Waals surface area contributed by atoms with E-state index >= 15 is 0 Å². The molecule has 1 aromatic carbocycles. The van der Waals surface area contributed by atoms with E-state index in [1.807, 2.05) is 6.07 Å². The molecule has 0 radical (unpaired) electrons. The van der Waals surface area contributed by atoms with Crippen LogP contribution < -0.4 is 10.6 Å². The minimum absolute atomic E-state index is 0.727. The number of benzene rings is 1. The molecule has 4 rings (SSSR count). The third kappa shape index (κ3) is 2.45. The predicted molar refractivity (Wildman–Crippen MR) is 82.2 cm³/mol. The molecule has 0 saturated carbocycles. The van der Waals surface area contributed by atoms with Gasteiger partial charge in [-0.3, -0.25) is 0 Å². The Morgan fingerprint density at radius 1 is 1.19 bits per heavy atom. The van der Waals surface area contributed by atoms with Gasteiger partial charge in [0.05, 0.1) is 17.4 Å². The average molecular weight is 298 g/mol. The quantitative estimate of drug-likeness (QED) is 0.767. The van der Waals surface area contributed by atoms with Gasteiger partial charge in [0.15, 0.2) is 0 Å². The first-order chi connectivity index (χ1) is 10.4. The number of hydrogen-bond acceptors (Lipinski definition) is 7. The minimum Gasteiger partial charge on any atom is -0.366 e. The summed E-state index contributed by atoms with van der Waals surface area (Å²) in [7, 11) is 0. The maximum absolute atomic E-state index is 4.38. The van der Waals surface area contributed by atoms with Gasteiger partial charge >= 0.3 is 0 Å². The molecule has 7 heteroatoms. The number of hydrogen-bond donors (Lipinski definition) is 2. The van der Waals surface area contributed by atoms with Gasteiger partial charge in [0, 0.05) is 18.7 Å². The van der Waals surface area contributed by atoms with E-state index in [-0.39, 0.29) is 0 Å². The number of nitrogens with one attached hydrogen (secondary N) is 2. The third-order valence-electron chi connectivity index (χ3n) is 3.66. The Morgan fingerprint density at radius 2 is 2.14 bits per heavy atom. The number of anilines is 1. The van der Waals surface area contributed by atoms with Crippen LogP contribution >= 0.6 is 11.7 Å². The first-order valence-electron chi connectivity index (χ1n) is 6.89. The fraction of sp³-hybridized carbons (Fsp3) is 0.286. The number of aromatic nitrogens is 4. The standard InChI is InChI=1S/C14H14N6S/c1-2-11-12(20-21-19-11)5-9(1)6-16-14-10-3-4-15-7-13(10)17-8-18-14/h1-2,5,8,15H,3-4,6-7H2,(H,16,17,18). The maximum Gasteiger partial charge on any atom is 0.133 e. The Balaban J connectivity index is 1.56. The van der Waals surface area contributed by atoms with Crippen molar-refractivity contribution in [2.75, 3.05) is 11.9 Å². The summed E-state index contributed by atoms with van der Waals surface area (Å²) < 4.78 is 8.49. The Kier molecular flexibility index (Phi) is 3.21. The molecule has 0 fully saturated rings. The van der Waals surface area contributed by atoms with E-state index in [0.717, 1.165) is 48.6 Å². The molecule has 3 heterocycles. The van der Waals surface area contributed by atoms with E-state index in [2.05, 4.69) is 41.5 Å². The second-order valence-corrected chi connectivity index (χ2v) is 5.54. The summed E-state index contributed by atoms with van der Waals surface area (Å²) in [6.07, 6.45) is 2.59. The van der Waals surface area contributed by atoms with Crippen LogP contribution in [0.1, 0.15) is 16.8 Å². The van der Waals surface area contributed by atoms with Crippen LogP contribution in [0.3, 0.4) is 0 Å². The Morgan fingerprint density at radius 3 is 3.14 bits per heavy atom. The van der Waals surface area contributed by atoms with Crippen molar-refractivity contribution < 1.29 is 0 Å².